The van der Waals surface area contributed by atoms with Gasteiger partial charge in [-0.05, 0) is 24.8 Å². The minimum absolute atomic E-state index is 0.0632. The Bertz CT molecular complexity index is 406. The van der Waals surface area contributed by atoms with Gasteiger partial charge in [0, 0.05) is 26.7 Å². The van der Waals surface area contributed by atoms with E-state index < -0.39 is 0 Å². The Morgan fingerprint density at radius 1 is 1.42 bits per heavy atom. The second-order valence-electron chi connectivity index (χ2n) is 4.19. The number of amides is 2. The quantitative estimate of drug-likeness (QED) is 0.814. The fourth-order valence-electron chi connectivity index (χ4n) is 1.68. The summed E-state index contributed by atoms with van der Waals surface area (Å²) in [5.41, 5.74) is 0. The Hall–Kier alpha value is -1.40. The fourth-order valence-corrected chi connectivity index (χ4v) is 2.40. The van der Waals surface area contributed by atoms with Gasteiger partial charge in [-0.2, -0.15) is 0 Å². The van der Waals surface area contributed by atoms with Gasteiger partial charge < -0.3 is 14.9 Å². The third-order valence-electron chi connectivity index (χ3n) is 2.77. The molecule has 0 fully saturated rings. The first-order valence-electron chi connectivity index (χ1n) is 6.27. The van der Waals surface area contributed by atoms with Gasteiger partial charge in [0.1, 0.15) is 0 Å². The molecule has 0 saturated carbocycles. The Balaban J connectivity index is 2.53. The van der Waals surface area contributed by atoms with Crippen molar-refractivity contribution < 1.29 is 14.7 Å². The molecule has 1 rings (SSSR count). The molecular formula is C13H20N2O3S. The van der Waals surface area contributed by atoms with Crippen molar-refractivity contribution in [2.75, 3.05) is 33.3 Å². The van der Waals surface area contributed by atoms with Gasteiger partial charge in [-0.1, -0.05) is 6.07 Å². The molecule has 0 spiro atoms. The van der Waals surface area contributed by atoms with E-state index >= 15 is 0 Å². The predicted octanol–water partition coefficient (Wildman–Crippen LogP) is 1.05. The maximum absolute atomic E-state index is 12.0. The standard InChI is InChI=1S/C13H20N2O3S/c1-3-15(7-5-8-16)12(17)10-14(2)13(18)11-6-4-9-19-11/h4,6,9,16H,3,5,7-8,10H2,1-2H3. The molecule has 0 radical (unpaired) electrons. The highest BCUT2D eigenvalue weighted by atomic mass is 32.1. The number of likely N-dealkylation sites (N-methyl/N-ethyl adjacent to an activating group) is 2. The largest absolute Gasteiger partial charge is 0.396 e. The molecule has 0 aliphatic carbocycles. The molecule has 0 aromatic carbocycles. The highest BCUT2D eigenvalue weighted by Gasteiger charge is 2.18. The van der Waals surface area contributed by atoms with Crippen LogP contribution in [0.5, 0.6) is 0 Å². The molecular weight excluding hydrogens is 264 g/mol. The van der Waals surface area contributed by atoms with Crippen molar-refractivity contribution in [1.82, 2.24) is 9.80 Å². The molecule has 0 aliphatic rings. The minimum Gasteiger partial charge on any atom is -0.396 e. The number of aliphatic hydroxyl groups is 1. The fraction of sp³-hybridized carbons (Fsp3) is 0.538. The van der Waals surface area contributed by atoms with Crippen LogP contribution in [-0.2, 0) is 4.79 Å². The maximum Gasteiger partial charge on any atom is 0.264 e. The number of rotatable bonds is 7. The van der Waals surface area contributed by atoms with Crippen LogP contribution in [-0.4, -0.2) is 60.0 Å². The number of nitrogens with zero attached hydrogens (tertiary/aromatic N) is 2. The molecule has 1 heterocycles. The monoisotopic (exact) mass is 284 g/mol. The summed E-state index contributed by atoms with van der Waals surface area (Å²) in [6, 6.07) is 3.56. The minimum atomic E-state index is -0.137. The molecule has 1 aromatic heterocycles. The molecule has 0 unspecified atom stereocenters. The first-order valence-corrected chi connectivity index (χ1v) is 7.15. The highest BCUT2D eigenvalue weighted by Crippen LogP contribution is 2.11. The Labute approximate surface area is 117 Å². The molecule has 1 aromatic rings. The van der Waals surface area contributed by atoms with Crippen LogP contribution < -0.4 is 0 Å². The van der Waals surface area contributed by atoms with Crippen molar-refractivity contribution >= 4 is 23.2 Å². The zero-order valence-corrected chi connectivity index (χ0v) is 12.2. The van der Waals surface area contributed by atoms with E-state index in [9.17, 15) is 9.59 Å². The lowest BCUT2D eigenvalue weighted by atomic mass is 10.3. The topological polar surface area (TPSA) is 60.9 Å². The van der Waals surface area contributed by atoms with Gasteiger partial charge in [0.25, 0.3) is 5.91 Å². The second kappa shape index (κ2) is 7.91. The molecule has 0 atom stereocenters. The van der Waals surface area contributed by atoms with Crippen molar-refractivity contribution in [3.8, 4) is 0 Å². The van der Waals surface area contributed by atoms with Gasteiger partial charge in [0.2, 0.25) is 5.91 Å². The zero-order valence-electron chi connectivity index (χ0n) is 11.3. The third-order valence-corrected chi connectivity index (χ3v) is 3.63. The van der Waals surface area contributed by atoms with Gasteiger partial charge >= 0.3 is 0 Å². The molecule has 19 heavy (non-hydrogen) atoms. The van der Waals surface area contributed by atoms with Crippen molar-refractivity contribution in [2.45, 2.75) is 13.3 Å². The number of carbonyl (C=O) groups excluding carboxylic acids is 2. The maximum atomic E-state index is 12.0. The summed E-state index contributed by atoms with van der Waals surface area (Å²) in [5, 5.41) is 10.6. The lowest BCUT2D eigenvalue weighted by Crippen LogP contribution is -2.41. The average Bonchev–Trinajstić information content (AvgIpc) is 2.92. The van der Waals surface area contributed by atoms with Gasteiger partial charge in [-0.15, -0.1) is 11.3 Å². The third kappa shape index (κ3) is 4.65. The predicted molar refractivity (Wildman–Crippen MR) is 75.2 cm³/mol. The SMILES string of the molecule is CCN(CCCO)C(=O)CN(C)C(=O)c1cccs1. The van der Waals surface area contributed by atoms with Gasteiger partial charge in [0.05, 0.1) is 11.4 Å². The molecule has 2 amide bonds. The van der Waals surface area contributed by atoms with E-state index in [1.54, 1.807) is 18.0 Å². The summed E-state index contributed by atoms with van der Waals surface area (Å²) >= 11 is 1.37. The normalized spacial score (nSPS) is 10.3. The zero-order chi connectivity index (χ0) is 14.3. The van der Waals surface area contributed by atoms with Gasteiger partial charge in [0.15, 0.2) is 0 Å². The summed E-state index contributed by atoms with van der Waals surface area (Å²) in [4.78, 5) is 27.7. The van der Waals surface area contributed by atoms with Crippen molar-refractivity contribution in [2.24, 2.45) is 0 Å². The van der Waals surface area contributed by atoms with Crippen LogP contribution in [0.2, 0.25) is 0 Å². The van der Waals surface area contributed by atoms with E-state index in [0.29, 0.717) is 24.4 Å². The molecule has 1 N–H and O–H groups in total. The van der Waals surface area contributed by atoms with Crippen LogP contribution in [0.25, 0.3) is 0 Å². The highest BCUT2D eigenvalue weighted by molar-refractivity contribution is 7.12. The first-order chi connectivity index (χ1) is 9.10. The smallest absolute Gasteiger partial charge is 0.264 e. The summed E-state index contributed by atoms with van der Waals surface area (Å²) in [5.74, 6) is -0.232. The van der Waals surface area contributed by atoms with Crippen molar-refractivity contribution in [1.29, 1.82) is 0 Å². The van der Waals surface area contributed by atoms with Gasteiger partial charge in [-0.3, -0.25) is 9.59 Å². The lowest BCUT2D eigenvalue weighted by Gasteiger charge is -2.24. The van der Waals surface area contributed by atoms with E-state index in [-0.39, 0.29) is 25.0 Å². The average molecular weight is 284 g/mol. The number of thiophene rings is 1. The second-order valence-corrected chi connectivity index (χ2v) is 5.14. The number of carbonyl (C=O) groups is 2. The summed E-state index contributed by atoms with van der Waals surface area (Å²) in [7, 11) is 1.62. The van der Waals surface area contributed by atoms with Crippen LogP contribution in [0.1, 0.15) is 23.0 Å². The molecule has 106 valence electrons. The van der Waals surface area contributed by atoms with Gasteiger partial charge in [-0.25, -0.2) is 0 Å². The first kappa shape index (κ1) is 15.7. The summed E-state index contributed by atoms with van der Waals surface area (Å²) < 4.78 is 0. The van der Waals surface area contributed by atoms with Crippen LogP contribution >= 0.6 is 11.3 Å². The van der Waals surface area contributed by atoms with E-state index in [1.807, 2.05) is 18.4 Å². The Morgan fingerprint density at radius 2 is 2.16 bits per heavy atom. The van der Waals surface area contributed by atoms with E-state index in [1.165, 1.54) is 16.2 Å². The molecule has 6 heteroatoms. The van der Waals surface area contributed by atoms with E-state index in [2.05, 4.69) is 0 Å². The summed E-state index contributed by atoms with van der Waals surface area (Å²) in [6.07, 6.45) is 0.558. The molecule has 0 aliphatic heterocycles. The molecule has 0 bridgehead atoms. The molecule has 5 nitrogen and oxygen atoms in total. The van der Waals surface area contributed by atoms with Crippen molar-refractivity contribution in [3.05, 3.63) is 22.4 Å². The van der Waals surface area contributed by atoms with Crippen LogP contribution in [0.3, 0.4) is 0 Å². The number of hydrogen-bond acceptors (Lipinski definition) is 4. The van der Waals surface area contributed by atoms with E-state index in [4.69, 9.17) is 5.11 Å². The van der Waals surface area contributed by atoms with Crippen molar-refractivity contribution in [3.63, 3.8) is 0 Å². The Kier molecular flexibility index (Phi) is 6.52. The van der Waals surface area contributed by atoms with Crippen LogP contribution in [0.15, 0.2) is 17.5 Å². The number of hydrogen-bond donors (Lipinski definition) is 1. The van der Waals surface area contributed by atoms with E-state index in [0.717, 1.165) is 0 Å². The lowest BCUT2D eigenvalue weighted by molar-refractivity contribution is -0.131. The van der Waals surface area contributed by atoms with Crippen LogP contribution in [0, 0.1) is 0 Å². The molecule has 0 saturated heterocycles. The Morgan fingerprint density at radius 3 is 2.68 bits per heavy atom. The number of aliphatic hydroxyl groups excluding tert-OH is 1. The van der Waals surface area contributed by atoms with Crippen LogP contribution in [0.4, 0.5) is 0 Å². The summed E-state index contributed by atoms with van der Waals surface area (Å²) in [6.45, 7) is 3.12.